The highest BCUT2D eigenvalue weighted by Gasteiger charge is 2.17. The Kier molecular flexibility index (Phi) is 3.44. The van der Waals surface area contributed by atoms with Crippen molar-refractivity contribution in [3.8, 4) is 0 Å². The summed E-state index contributed by atoms with van der Waals surface area (Å²) in [6.07, 6.45) is 2.73. The van der Waals surface area contributed by atoms with Gasteiger partial charge in [-0.2, -0.15) is 0 Å². The predicted molar refractivity (Wildman–Crippen MR) is 50.4 cm³/mol. The van der Waals surface area contributed by atoms with Crippen LogP contribution in [0.3, 0.4) is 0 Å². The van der Waals surface area contributed by atoms with Crippen molar-refractivity contribution >= 4 is 15.6 Å². The molecule has 0 radical (unpaired) electrons. The minimum Gasteiger partial charge on any atom is -0.298 e. The van der Waals surface area contributed by atoms with Crippen LogP contribution >= 0.6 is 0 Å². The Morgan fingerprint density at radius 1 is 1.46 bits per heavy atom. The Hall–Kier alpha value is -0.420. The average Bonchev–Trinajstić information content (AvgIpc) is 2.00. The molecular weight excluding hydrogens is 190 g/mol. The third-order valence-electron chi connectivity index (χ3n) is 2.11. The van der Waals surface area contributed by atoms with Gasteiger partial charge in [0.05, 0.1) is 12.3 Å². The molecule has 1 heterocycles. The molecule has 1 aliphatic rings. The average molecular weight is 205 g/mol. The zero-order valence-corrected chi connectivity index (χ0v) is 8.64. The summed E-state index contributed by atoms with van der Waals surface area (Å²) in [5, 5.41) is 0. The lowest BCUT2D eigenvalue weighted by molar-refractivity contribution is -0.122. The molecule has 76 valence electrons. The Balaban J connectivity index is 2.33. The summed E-state index contributed by atoms with van der Waals surface area (Å²) in [5.74, 6) is 0.375. The zero-order valence-electron chi connectivity index (χ0n) is 7.82. The molecule has 0 saturated carbocycles. The summed E-state index contributed by atoms with van der Waals surface area (Å²) in [6, 6.07) is 0. The van der Waals surface area contributed by atoms with Crippen molar-refractivity contribution in [3.63, 3.8) is 0 Å². The lowest BCUT2D eigenvalue weighted by atomic mass is 10.1. The van der Waals surface area contributed by atoms with Crippen LogP contribution in [0.2, 0.25) is 0 Å². The van der Waals surface area contributed by atoms with Crippen molar-refractivity contribution in [1.82, 2.24) is 4.90 Å². The Morgan fingerprint density at radius 2 is 2.15 bits per heavy atom. The molecule has 0 atom stereocenters. The SMILES string of the molecule is CS(=O)(=O)CCN1CCCC(=O)C1. The summed E-state index contributed by atoms with van der Waals surface area (Å²) in [6.45, 7) is 1.77. The maximum absolute atomic E-state index is 11.0. The fourth-order valence-electron chi connectivity index (χ4n) is 1.39. The summed E-state index contributed by atoms with van der Waals surface area (Å²) >= 11 is 0. The van der Waals surface area contributed by atoms with Gasteiger partial charge in [0.2, 0.25) is 0 Å². The normalized spacial score (nSPS) is 20.5. The van der Waals surface area contributed by atoms with Crippen LogP contribution < -0.4 is 0 Å². The van der Waals surface area contributed by atoms with Crippen molar-refractivity contribution in [1.29, 1.82) is 0 Å². The number of ketones is 1. The van der Waals surface area contributed by atoms with E-state index in [-0.39, 0.29) is 11.5 Å². The van der Waals surface area contributed by atoms with Crippen molar-refractivity contribution in [2.75, 3.05) is 31.6 Å². The number of hydrogen-bond donors (Lipinski definition) is 0. The second kappa shape index (κ2) is 4.19. The summed E-state index contributed by atoms with van der Waals surface area (Å²) in [7, 11) is -2.89. The number of Topliss-reactive ketones (excluding diaryl/α,β-unsaturated/α-hetero) is 1. The molecule has 0 aromatic heterocycles. The lowest BCUT2D eigenvalue weighted by Crippen LogP contribution is -2.38. The molecule has 0 N–H and O–H groups in total. The molecule has 1 fully saturated rings. The third-order valence-corrected chi connectivity index (χ3v) is 3.03. The highest BCUT2D eigenvalue weighted by Crippen LogP contribution is 2.05. The van der Waals surface area contributed by atoms with Gasteiger partial charge in [0, 0.05) is 19.2 Å². The third kappa shape index (κ3) is 4.38. The number of piperidine rings is 1. The first kappa shape index (κ1) is 10.7. The van der Waals surface area contributed by atoms with E-state index in [1.807, 2.05) is 4.90 Å². The predicted octanol–water partition coefficient (Wildman–Crippen LogP) is -0.304. The summed E-state index contributed by atoms with van der Waals surface area (Å²) < 4.78 is 21.7. The fraction of sp³-hybridized carbons (Fsp3) is 0.875. The van der Waals surface area contributed by atoms with E-state index >= 15 is 0 Å². The monoisotopic (exact) mass is 205 g/mol. The first-order valence-corrected chi connectivity index (χ1v) is 6.45. The van der Waals surface area contributed by atoms with E-state index in [2.05, 4.69) is 0 Å². The lowest BCUT2D eigenvalue weighted by Gasteiger charge is -2.24. The van der Waals surface area contributed by atoms with Gasteiger partial charge in [-0.15, -0.1) is 0 Å². The van der Waals surface area contributed by atoms with Gasteiger partial charge in [0.1, 0.15) is 15.6 Å². The minimum atomic E-state index is -2.89. The molecule has 0 spiro atoms. The number of sulfone groups is 1. The first-order valence-electron chi connectivity index (χ1n) is 4.39. The number of rotatable bonds is 3. The maximum atomic E-state index is 11.0. The zero-order chi connectivity index (χ0) is 9.90. The van der Waals surface area contributed by atoms with E-state index in [1.165, 1.54) is 6.26 Å². The van der Waals surface area contributed by atoms with Gasteiger partial charge in [-0.25, -0.2) is 8.42 Å². The van der Waals surface area contributed by atoms with Crippen molar-refractivity contribution < 1.29 is 13.2 Å². The number of nitrogens with zero attached hydrogens (tertiary/aromatic N) is 1. The van der Waals surface area contributed by atoms with E-state index in [4.69, 9.17) is 0 Å². The van der Waals surface area contributed by atoms with E-state index in [0.29, 0.717) is 19.5 Å². The van der Waals surface area contributed by atoms with Crippen molar-refractivity contribution in [2.45, 2.75) is 12.8 Å². The van der Waals surface area contributed by atoms with Gasteiger partial charge >= 0.3 is 0 Å². The van der Waals surface area contributed by atoms with Gasteiger partial charge in [-0.1, -0.05) is 0 Å². The second-order valence-electron chi connectivity index (χ2n) is 3.55. The molecule has 1 rings (SSSR count). The Morgan fingerprint density at radius 3 is 2.69 bits per heavy atom. The van der Waals surface area contributed by atoms with Crippen LogP contribution in [0.25, 0.3) is 0 Å². The quantitative estimate of drug-likeness (QED) is 0.634. The van der Waals surface area contributed by atoms with Crippen LogP contribution in [-0.4, -0.2) is 50.7 Å². The Bertz CT molecular complexity index is 284. The number of hydrogen-bond acceptors (Lipinski definition) is 4. The highest BCUT2D eigenvalue weighted by molar-refractivity contribution is 7.90. The molecule has 0 bridgehead atoms. The van der Waals surface area contributed by atoms with Crippen LogP contribution in [0.1, 0.15) is 12.8 Å². The minimum absolute atomic E-state index is 0.153. The van der Waals surface area contributed by atoms with Crippen LogP contribution in [0.5, 0.6) is 0 Å². The van der Waals surface area contributed by atoms with Gasteiger partial charge in [-0.3, -0.25) is 9.69 Å². The molecular formula is C8H15NO3S. The van der Waals surface area contributed by atoms with Gasteiger partial charge in [0.25, 0.3) is 0 Å². The molecule has 4 nitrogen and oxygen atoms in total. The molecule has 1 aliphatic heterocycles. The van der Waals surface area contributed by atoms with Gasteiger partial charge in [0.15, 0.2) is 0 Å². The molecule has 5 heteroatoms. The number of likely N-dealkylation sites (tertiary alicyclic amines) is 1. The van der Waals surface area contributed by atoms with E-state index in [1.54, 1.807) is 0 Å². The number of carbonyl (C=O) groups excluding carboxylic acids is 1. The summed E-state index contributed by atoms with van der Waals surface area (Å²) in [4.78, 5) is 12.9. The molecule has 0 amide bonds. The summed E-state index contributed by atoms with van der Waals surface area (Å²) in [5.41, 5.74) is 0. The smallest absolute Gasteiger partial charge is 0.148 e. The van der Waals surface area contributed by atoms with Crippen molar-refractivity contribution in [2.24, 2.45) is 0 Å². The van der Waals surface area contributed by atoms with E-state index < -0.39 is 9.84 Å². The Labute approximate surface area is 78.8 Å². The molecule has 0 aliphatic carbocycles. The topological polar surface area (TPSA) is 54.5 Å². The number of carbonyl (C=O) groups is 1. The van der Waals surface area contributed by atoms with Crippen molar-refractivity contribution in [3.05, 3.63) is 0 Å². The van der Waals surface area contributed by atoms with Gasteiger partial charge in [-0.05, 0) is 13.0 Å². The van der Waals surface area contributed by atoms with E-state index in [0.717, 1.165) is 13.0 Å². The van der Waals surface area contributed by atoms with Crippen LogP contribution in [0.4, 0.5) is 0 Å². The maximum Gasteiger partial charge on any atom is 0.148 e. The second-order valence-corrected chi connectivity index (χ2v) is 5.81. The van der Waals surface area contributed by atoms with Gasteiger partial charge < -0.3 is 0 Å². The highest BCUT2D eigenvalue weighted by atomic mass is 32.2. The van der Waals surface area contributed by atoms with Crippen LogP contribution in [-0.2, 0) is 14.6 Å². The molecule has 0 aromatic rings. The van der Waals surface area contributed by atoms with E-state index in [9.17, 15) is 13.2 Å². The molecule has 0 aromatic carbocycles. The standard InChI is InChI=1S/C8H15NO3S/c1-13(11,12)6-5-9-4-2-3-8(10)7-9/h2-7H2,1H3. The molecule has 1 saturated heterocycles. The van der Waals surface area contributed by atoms with Crippen LogP contribution in [0.15, 0.2) is 0 Å². The molecule has 0 unspecified atom stereocenters. The van der Waals surface area contributed by atoms with Crippen LogP contribution in [0, 0.1) is 0 Å². The fourth-order valence-corrected chi connectivity index (χ4v) is 1.98. The first-order chi connectivity index (χ1) is 5.97. The largest absolute Gasteiger partial charge is 0.298 e. The molecule has 13 heavy (non-hydrogen) atoms.